The Bertz CT molecular complexity index is 1060. The number of fused-ring (bicyclic) bond motifs is 3. The van der Waals surface area contributed by atoms with Crippen LogP contribution in [-0.2, 0) is 0 Å². The maximum atomic E-state index is 14.0. The molecule has 0 unspecified atom stereocenters. The predicted octanol–water partition coefficient (Wildman–Crippen LogP) is 4.13. The Morgan fingerprint density at radius 1 is 1.40 bits per heavy atom. The van der Waals surface area contributed by atoms with Crippen LogP contribution in [0.2, 0.25) is 0 Å². The summed E-state index contributed by atoms with van der Waals surface area (Å²) in [6, 6.07) is 5.77. The molecule has 0 fully saturated rings. The zero-order chi connectivity index (χ0) is 21.8. The van der Waals surface area contributed by atoms with Gasteiger partial charge >= 0.3 is 0 Å². The van der Waals surface area contributed by atoms with Crippen molar-refractivity contribution in [2.75, 3.05) is 12.3 Å². The van der Waals surface area contributed by atoms with Crippen LogP contribution in [0.25, 0.3) is 5.70 Å². The number of nitrogens with zero attached hydrogens (tertiary/aromatic N) is 1. The molecule has 8 heteroatoms. The second-order valence-electron chi connectivity index (χ2n) is 6.88. The third kappa shape index (κ3) is 4.03. The average molecular weight is 409 g/mol. The highest BCUT2D eigenvalue weighted by atomic mass is 19.1. The van der Waals surface area contributed by atoms with Gasteiger partial charge < -0.3 is 26.3 Å². The summed E-state index contributed by atoms with van der Waals surface area (Å²) >= 11 is 0. The molecule has 1 aliphatic heterocycles. The van der Waals surface area contributed by atoms with Crippen molar-refractivity contribution in [1.29, 1.82) is 10.8 Å². The number of aromatic nitrogens is 1. The highest BCUT2D eigenvalue weighted by Gasteiger charge is 2.23. The SMILES string of the molecule is CCN/C1=C(\C=N)C/C(=C/O)C(=N)c2ccc(F)cc2[C@@H](C)Oc2cc1cnc2N. The number of hydrogen-bond donors (Lipinski definition) is 5. The number of nitrogens with two attached hydrogens (primary N) is 1. The second-order valence-corrected chi connectivity index (χ2v) is 6.88. The van der Waals surface area contributed by atoms with E-state index in [2.05, 4.69) is 10.3 Å². The molecule has 1 aliphatic rings. The zero-order valence-electron chi connectivity index (χ0n) is 16.8. The number of aliphatic hydroxyl groups is 1. The van der Waals surface area contributed by atoms with Gasteiger partial charge in [-0.2, -0.15) is 0 Å². The number of halogens is 1. The molecular weight excluding hydrogens is 385 g/mol. The van der Waals surface area contributed by atoms with Crippen molar-refractivity contribution >= 4 is 23.4 Å². The minimum absolute atomic E-state index is 0.0217. The minimum Gasteiger partial charge on any atom is -0.515 e. The molecule has 0 saturated carbocycles. The monoisotopic (exact) mass is 409 g/mol. The lowest BCUT2D eigenvalue weighted by atomic mass is 9.91. The first-order chi connectivity index (χ1) is 14.4. The lowest BCUT2D eigenvalue weighted by molar-refractivity contribution is 0.227. The molecule has 156 valence electrons. The largest absolute Gasteiger partial charge is 0.515 e. The van der Waals surface area contributed by atoms with Gasteiger partial charge in [0, 0.05) is 53.3 Å². The maximum absolute atomic E-state index is 14.0. The summed E-state index contributed by atoms with van der Waals surface area (Å²) in [5.74, 6) is 0.0341. The van der Waals surface area contributed by atoms with Crippen LogP contribution in [0.3, 0.4) is 0 Å². The van der Waals surface area contributed by atoms with Crippen molar-refractivity contribution < 1.29 is 14.2 Å². The summed E-state index contributed by atoms with van der Waals surface area (Å²) in [6.45, 7) is 4.24. The fraction of sp³-hybridized carbons (Fsp3) is 0.227. The number of ether oxygens (including phenoxy) is 1. The van der Waals surface area contributed by atoms with E-state index in [0.29, 0.717) is 40.3 Å². The van der Waals surface area contributed by atoms with E-state index in [4.69, 9.17) is 21.3 Å². The van der Waals surface area contributed by atoms with E-state index in [0.717, 1.165) is 6.26 Å². The van der Waals surface area contributed by atoms with E-state index in [9.17, 15) is 9.50 Å². The first kappa shape index (κ1) is 21.0. The van der Waals surface area contributed by atoms with Gasteiger partial charge in [-0.15, -0.1) is 0 Å². The van der Waals surface area contributed by atoms with Crippen LogP contribution in [0, 0.1) is 16.6 Å². The van der Waals surface area contributed by atoms with Gasteiger partial charge in [0.1, 0.15) is 11.9 Å². The molecule has 1 atom stereocenters. The third-order valence-corrected chi connectivity index (χ3v) is 4.90. The molecule has 1 aromatic carbocycles. The van der Waals surface area contributed by atoms with Gasteiger partial charge in [-0.3, -0.25) is 5.41 Å². The Kier molecular flexibility index (Phi) is 6.15. The molecule has 0 spiro atoms. The molecular formula is C22H24FN5O2. The van der Waals surface area contributed by atoms with E-state index in [1.54, 1.807) is 19.2 Å². The number of allylic oxidation sites excluding steroid dienone is 2. The molecule has 0 radical (unpaired) electrons. The molecule has 2 aromatic rings. The fourth-order valence-electron chi connectivity index (χ4n) is 3.40. The highest BCUT2D eigenvalue weighted by Crippen LogP contribution is 2.33. The smallest absolute Gasteiger partial charge is 0.166 e. The zero-order valence-corrected chi connectivity index (χ0v) is 16.8. The number of rotatable bonds is 3. The van der Waals surface area contributed by atoms with E-state index in [-0.39, 0.29) is 23.5 Å². The van der Waals surface area contributed by atoms with Crippen molar-refractivity contribution in [3.8, 4) is 5.75 Å². The van der Waals surface area contributed by atoms with Gasteiger partial charge in [0.15, 0.2) is 11.6 Å². The van der Waals surface area contributed by atoms with Crippen LogP contribution in [0.5, 0.6) is 5.75 Å². The summed E-state index contributed by atoms with van der Waals surface area (Å²) in [6.07, 6.45) is 3.08. The van der Waals surface area contributed by atoms with Gasteiger partial charge in [-0.25, -0.2) is 9.37 Å². The number of benzene rings is 1. The van der Waals surface area contributed by atoms with E-state index < -0.39 is 11.9 Å². The molecule has 1 aromatic heterocycles. The van der Waals surface area contributed by atoms with Gasteiger partial charge in [0.05, 0.1) is 12.0 Å². The molecule has 6 N–H and O–H groups in total. The summed E-state index contributed by atoms with van der Waals surface area (Å²) < 4.78 is 20.0. The number of anilines is 1. The molecule has 2 bridgehead atoms. The van der Waals surface area contributed by atoms with Gasteiger partial charge in [-0.05, 0) is 43.7 Å². The number of nitrogens with one attached hydrogen (secondary N) is 3. The predicted molar refractivity (Wildman–Crippen MR) is 116 cm³/mol. The number of hydrogen-bond acceptors (Lipinski definition) is 7. The molecule has 7 nitrogen and oxygen atoms in total. The maximum Gasteiger partial charge on any atom is 0.166 e. The van der Waals surface area contributed by atoms with Gasteiger partial charge in [-0.1, -0.05) is 0 Å². The molecule has 3 rings (SSSR count). The first-order valence-electron chi connectivity index (χ1n) is 9.51. The number of nitrogen functional groups attached to an aromatic ring is 1. The van der Waals surface area contributed by atoms with Crippen molar-refractivity contribution in [1.82, 2.24) is 10.3 Å². The Morgan fingerprint density at radius 3 is 2.83 bits per heavy atom. The normalized spacial score (nSPS) is 20.6. The van der Waals surface area contributed by atoms with Crippen molar-refractivity contribution in [3.05, 3.63) is 70.4 Å². The number of pyridine rings is 1. The third-order valence-electron chi connectivity index (χ3n) is 4.90. The average Bonchev–Trinajstić information content (AvgIpc) is 2.74. The highest BCUT2D eigenvalue weighted by molar-refractivity contribution is 6.12. The van der Waals surface area contributed by atoms with Crippen molar-refractivity contribution in [3.63, 3.8) is 0 Å². The summed E-state index contributed by atoms with van der Waals surface area (Å²) in [7, 11) is 0. The van der Waals surface area contributed by atoms with Crippen LogP contribution >= 0.6 is 0 Å². The summed E-state index contributed by atoms with van der Waals surface area (Å²) in [4.78, 5) is 4.22. The van der Waals surface area contributed by atoms with Crippen LogP contribution < -0.4 is 15.8 Å². The number of aliphatic hydroxyl groups excluding tert-OH is 1. The topological polar surface area (TPSA) is 128 Å². The Morgan fingerprint density at radius 2 is 2.17 bits per heavy atom. The first-order valence-corrected chi connectivity index (χ1v) is 9.51. The van der Waals surface area contributed by atoms with Crippen molar-refractivity contribution in [2.24, 2.45) is 0 Å². The fourth-order valence-corrected chi connectivity index (χ4v) is 3.40. The van der Waals surface area contributed by atoms with Crippen LogP contribution in [0.1, 0.15) is 43.1 Å². The molecule has 0 saturated heterocycles. The molecule has 2 heterocycles. The van der Waals surface area contributed by atoms with Gasteiger partial charge in [0.2, 0.25) is 0 Å². The lowest BCUT2D eigenvalue weighted by Crippen LogP contribution is -2.18. The Balaban J connectivity index is 2.30. The Hall–Kier alpha value is -3.68. The molecule has 0 amide bonds. The second kappa shape index (κ2) is 8.77. The lowest BCUT2D eigenvalue weighted by Gasteiger charge is -2.23. The minimum atomic E-state index is -0.636. The van der Waals surface area contributed by atoms with Crippen LogP contribution in [0.4, 0.5) is 10.2 Å². The van der Waals surface area contributed by atoms with E-state index >= 15 is 0 Å². The van der Waals surface area contributed by atoms with Gasteiger partial charge in [0.25, 0.3) is 0 Å². The Labute approximate surface area is 174 Å². The van der Waals surface area contributed by atoms with Crippen LogP contribution in [-0.4, -0.2) is 28.6 Å². The van der Waals surface area contributed by atoms with Crippen LogP contribution in [0.15, 0.2) is 47.9 Å². The molecule has 30 heavy (non-hydrogen) atoms. The van der Waals surface area contributed by atoms with E-state index in [1.165, 1.54) is 24.4 Å². The quantitative estimate of drug-likeness (QED) is 0.385. The summed E-state index contributed by atoms with van der Waals surface area (Å²) in [5.41, 5.74) is 8.99. The van der Waals surface area contributed by atoms with Crippen molar-refractivity contribution in [2.45, 2.75) is 26.4 Å². The standard InChI is InChI=1S/C22H24FN5O2/c1-3-27-21-13(9-24)6-15(11-29)20(25)17-5-4-16(23)8-18(17)12(2)30-19-7-14(21)10-28-22(19)26/h4-5,7-12,24-25,27,29H,3,6H2,1-2H3,(H2,26,28)/b15-11-,21-13-,24-9?,25-20?/t12-/m1/s1. The molecule has 0 aliphatic carbocycles. The summed E-state index contributed by atoms with van der Waals surface area (Å²) in [5, 5.41) is 29.7. The van der Waals surface area contributed by atoms with E-state index in [1.807, 2.05) is 6.92 Å².